The van der Waals surface area contributed by atoms with Crippen LogP contribution in [0.1, 0.15) is 40.4 Å². The van der Waals surface area contributed by atoms with Crippen LogP contribution in [0.2, 0.25) is 0 Å². The van der Waals surface area contributed by atoms with Crippen molar-refractivity contribution in [3.05, 3.63) is 21.4 Å². The third kappa shape index (κ3) is 4.97. The highest BCUT2D eigenvalue weighted by Gasteiger charge is 2.19. The number of aryl methyl sites for hydroxylation is 1. The highest BCUT2D eigenvalue weighted by molar-refractivity contribution is 7.14. The maximum Gasteiger partial charge on any atom is 0.261 e. The second kappa shape index (κ2) is 7.44. The van der Waals surface area contributed by atoms with E-state index in [4.69, 9.17) is 9.84 Å². The molecule has 20 heavy (non-hydrogen) atoms. The van der Waals surface area contributed by atoms with Crippen LogP contribution in [0.25, 0.3) is 0 Å². The zero-order valence-electron chi connectivity index (χ0n) is 12.4. The van der Waals surface area contributed by atoms with Gasteiger partial charge in [-0.2, -0.15) is 0 Å². The largest absolute Gasteiger partial charge is 0.395 e. The summed E-state index contributed by atoms with van der Waals surface area (Å²) in [7, 11) is 1.62. The molecule has 110 valence electrons. The van der Waals surface area contributed by atoms with E-state index in [1.165, 1.54) is 11.3 Å². The molecule has 1 rings (SSSR count). The Labute approximate surface area is 124 Å². The van der Waals surface area contributed by atoms with Gasteiger partial charge in [0.1, 0.15) is 0 Å². The number of carbonyl (C=O) groups is 1. The van der Waals surface area contributed by atoms with Gasteiger partial charge in [-0.1, -0.05) is 11.8 Å². The summed E-state index contributed by atoms with van der Waals surface area (Å²) in [5, 5.41) is 11.6. The van der Waals surface area contributed by atoms with Gasteiger partial charge in [-0.05, 0) is 32.4 Å². The molecular formula is C15H21NO3S. The molecule has 0 aliphatic heterocycles. The van der Waals surface area contributed by atoms with Gasteiger partial charge >= 0.3 is 0 Å². The number of aliphatic hydroxyl groups excluding tert-OH is 1. The summed E-state index contributed by atoms with van der Waals surface area (Å²) in [5.74, 6) is 5.73. The highest BCUT2D eigenvalue weighted by atomic mass is 32.1. The number of aliphatic hydroxyl groups is 1. The number of amides is 1. The van der Waals surface area contributed by atoms with Gasteiger partial charge in [0.25, 0.3) is 5.91 Å². The number of ether oxygens (including phenoxy) is 1. The molecule has 1 amide bonds. The van der Waals surface area contributed by atoms with Crippen molar-refractivity contribution in [1.29, 1.82) is 0 Å². The van der Waals surface area contributed by atoms with Crippen molar-refractivity contribution in [2.75, 3.05) is 20.3 Å². The van der Waals surface area contributed by atoms with E-state index in [-0.39, 0.29) is 18.1 Å². The number of carbonyl (C=O) groups excluding carboxylic acids is 1. The molecule has 0 saturated heterocycles. The standard InChI is InChI=1S/C15H21NO3S/c1-11-9-13(20-12(11)7-5-6-8-17)14(18)16-10-15(2,3)19-4/h9,17H,6,8,10H2,1-4H3,(H,16,18). The number of nitrogens with one attached hydrogen (secondary N) is 1. The van der Waals surface area contributed by atoms with E-state index >= 15 is 0 Å². The van der Waals surface area contributed by atoms with Crippen molar-refractivity contribution in [1.82, 2.24) is 5.32 Å². The lowest BCUT2D eigenvalue weighted by molar-refractivity contribution is 0.0229. The fraction of sp³-hybridized carbons (Fsp3) is 0.533. The molecule has 0 unspecified atom stereocenters. The Bertz CT molecular complexity index is 523. The average Bonchev–Trinajstić information content (AvgIpc) is 2.78. The van der Waals surface area contributed by atoms with Crippen LogP contribution in [0.15, 0.2) is 6.07 Å². The zero-order valence-corrected chi connectivity index (χ0v) is 13.2. The van der Waals surface area contributed by atoms with Gasteiger partial charge in [-0.15, -0.1) is 11.3 Å². The van der Waals surface area contributed by atoms with E-state index in [1.807, 2.05) is 26.8 Å². The molecule has 0 aliphatic rings. The van der Waals surface area contributed by atoms with Crippen LogP contribution >= 0.6 is 11.3 Å². The summed E-state index contributed by atoms with van der Waals surface area (Å²) >= 11 is 1.37. The van der Waals surface area contributed by atoms with Crippen molar-refractivity contribution >= 4 is 17.2 Å². The topological polar surface area (TPSA) is 58.6 Å². The van der Waals surface area contributed by atoms with Crippen LogP contribution in [-0.4, -0.2) is 36.9 Å². The maximum absolute atomic E-state index is 12.1. The molecule has 4 nitrogen and oxygen atoms in total. The third-order valence-corrected chi connectivity index (χ3v) is 3.96. The van der Waals surface area contributed by atoms with Crippen LogP contribution in [0.3, 0.4) is 0 Å². The smallest absolute Gasteiger partial charge is 0.261 e. The molecule has 0 fully saturated rings. The van der Waals surface area contributed by atoms with Gasteiger partial charge < -0.3 is 15.2 Å². The quantitative estimate of drug-likeness (QED) is 0.816. The van der Waals surface area contributed by atoms with E-state index in [9.17, 15) is 4.79 Å². The SMILES string of the molecule is COC(C)(C)CNC(=O)c1cc(C)c(C#CCCO)s1. The lowest BCUT2D eigenvalue weighted by Crippen LogP contribution is -2.39. The highest BCUT2D eigenvalue weighted by Crippen LogP contribution is 2.21. The van der Waals surface area contributed by atoms with E-state index < -0.39 is 0 Å². The molecule has 0 spiro atoms. The first-order valence-corrected chi connectivity index (χ1v) is 7.25. The van der Waals surface area contributed by atoms with Crippen LogP contribution in [-0.2, 0) is 4.74 Å². The minimum absolute atomic E-state index is 0.0524. The van der Waals surface area contributed by atoms with E-state index in [0.717, 1.165) is 10.4 Å². The molecule has 0 saturated carbocycles. The summed E-state index contributed by atoms with van der Waals surface area (Å²) < 4.78 is 5.26. The molecule has 0 atom stereocenters. The number of thiophene rings is 1. The van der Waals surface area contributed by atoms with Gasteiger partial charge in [0.05, 0.1) is 22.0 Å². The van der Waals surface area contributed by atoms with Crippen molar-refractivity contribution in [3.8, 4) is 11.8 Å². The summed E-state index contributed by atoms with van der Waals surface area (Å²) in [6, 6.07) is 1.84. The summed E-state index contributed by atoms with van der Waals surface area (Å²) in [4.78, 5) is 13.6. The van der Waals surface area contributed by atoms with Crippen LogP contribution in [0, 0.1) is 18.8 Å². The van der Waals surface area contributed by atoms with Crippen molar-refractivity contribution < 1.29 is 14.6 Å². The number of hydrogen-bond donors (Lipinski definition) is 2. The number of hydrogen-bond acceptors (Lipinski definition) is 4. The predicted octanol–water partition coefficient (Wildman–Crippen LogP) is 1.95. The molecule has 5 heteroatoms. The minimum Gasteiger partial charge on any atom is -0.395 e. The number of methoxy groups -OCH3 is 1. The molecule has 0 bridgehead atoms. The lowest BCUT2D eigenvalue weighted by Gasteiger charge is -2.22. The van der Waals surface area contributed by atoms with Crippen molar-refractivity contribution in [3.63, 3.8) is 0 Å². The lowest BCUT2D eigenvalue weighted by atomic mass is 10.1. The Kier molecular flexibility index (Phi) is 6.21. The molecular weight excluding hydrogens is 274 g/mol. The van der Waals surface area contributed by atoms with Crippen molar-refractivity contribution in [2.45, 2.75) is 32.8 Å². The van der Waals surface area contributed by atoms with Crippen LogP contribution < -0.4 is 5.32 Å². The average molecular weight is 295 g/mol. The van der Waals surface area contributed by atoms with Gasteiger partial charge in [-0.25, -0.2) is 0 Å². The Morgan fingerprint density at radius 3 is 2.85 bits per heavy atom. The third-order valence-electron chi connectivity index (χ3n) is 2.81. The maximum atomic E-state index is 12.1. The second-order valence-electron chi connectivity index (χ2n) is 5.04. The first-order valence-electron chi connectivity index (χ1n) is 6.43. The molecule has 1 aromatic rings. The zero-order chi connectivity index (χ0) is 15.2. The van der Waals surface area contributed by atoms with Crippen molar-refractivity contribution in [2.24, 2.45) is 0 Å². The van der Waals surface area contributed by atoms with E-state index in [0.29, 0.717) is 17.8 Å². The van der Waals surface area contributed by atoms with E-state index in [1.54, 1.807) is 7.11 Å². The van der Waals surface area contributed by atoms with Crippen LogP contribution in [0.4, 0.5) is 0 Å². The molecule has 1 aromatic heterocycles. The Balaban J connectivity index is 2.71. The van der Waals surface area contributed by atoms with E-state index in [2.05, 4.69) is 17.2 Å². The summed E-state index contributed by atoms with van der Waals surface area (Å²) in [5.41, 5.74) is 0.600. The normalized spacial score (nSPS) is 10.8. The summed E-state index contributed by atoms with van der Waals surface area (Å²) in [6.07, 6.45) is 0.445. The van der Waals surface area contributed by atoms with Gasteiger partial charge in [-0.3, -0.25) is 4.79 Å². The molecule has 0 aromatic carbocycles. The van der Waals surface area contributed by atoms with Gasteiger partial charge in [0.15, 0.2) is 0 Å². The van der Waals surface area contributed by atoms with Gasteiger partial charge in [0, 0.05) is 20.1 Å². The van der Waals surface area contributed by atoms with Gasteiger partial charge in [0.2, 0.25) is 0 Å². The Morgan fingerprint density at radius 2 is 2.25 bits per heavy atom. The minimum atomic E-state index is -0.383. The Morgan fingerprint density at radius 1 is 1.55 bits per heavy atom. The fourth-order valence-electron chi connectivity index (χ4n) is 1.37. The molecule has 2 N–H and O–H groups in total. The van der Waals surface area contributed by atoms with Crippen LogP contribution in [0.5, 0.6) is 0 Å². The number of rotatable bonds is 5. The Hall–Kier alpha value is -1.35. The first kappa shape index (κ1) is 16.7. The molecule has 0 radical (unpaired) electrons. The molecule has 1 heterocycles. The fourth-order valence-corrected chi connectivity index (χ4v) is 2.33. The first-order chi connectivity index (χ1) is 9.39. The predicted molar refractivity (Wildman–Crippen MR) is 81.1 cm³/mol. The second-order valence-corrected chi connectivity index (χ2v) is 6.10. The monoisotopic (exact) mass is 295 g/mol. The summed E-state index contributed by atoms with van der Waals surface area (Å²) in [6.45, 7) is 6.26. The molecule has 0 aliphatic carbocycles.